The highest BCUT2D eigenvalue weighted by molar-refractivity contribution is 6.02. The Balaban J connectivity index is 1.69. The van der Waals surface area contributed by atoms with Crippen LogP contribution in [-0.2, 0) is 18.3 Å². The van der Waals surface area contributed by atoms with Crippen LogP contribution in [0.4, 0.5) is 21.7 Å². The van der Waals surface area contributed by atoms with Crippen LogP contribution in [0.2, 0.25) is 0 Å². The molecule has 10 heteroatoms. The molecule has 2 heterocycles. The molecule has 2 aromatic carbocycles. The lowest BCUT2D eigenvalue weighted by Crippen LogP contribution is -2.16. The van der Waals surface area contributed by atoms with E-state index in [1.807, 2.05) is 57.5 Å². The van der Waals surface area contributed by atoms with Gasteiger partial charge in [-0.3, -0.25) is 9.48 Å². The number of aromatic nitrogens is 4. The molecule has 0 atom stereocenters. The Hall–Kier alpha value is -4.31. The summed E-state index contributed by atoms with van der Waals surface area (Å²) in [6.45, 7) is 3.96. The van der Waals surface area contributed by atoms with Crippen molar-refractivity contribution in [3.8, 4) is 17.1 Å². The zero-order chi connectivity index (χ0) is 26.5. The molecule has 4 rings (SSSR count). The number of carbonyl (C=O) groups excluding carboxylic acids is 1. The van der Waals surface area contributed by atoms with E-state index in [4.69, 9.17) is 9.72 Å². The normalized spacial score (nSPS) is 11.1. The second-order valence-electron chi connectivity index (χ2n) is 8.86. The number of carbonyl (C=O) groups is 1. The Morgan fingerprint density at radius 2 is 1.97 bits per heavy atom. The van der Waals surface area contributed by atoms with Crippen molar-refractivity contribution in [3.63, 3.8) is 0 Å². The summed E-state index contributed by atoms with van der Waals surface area (Å²) in [6.07, 6.45) is 3.15. The second-order valence-corrected chi connectivity index (χ2v) is 8.86. The molecule has 2 aromatic heterocycles. The van der Waals surface area contributed by atoms with E-state index in [9.17, 15) is 9.18 Å². The number of fused-ring (bicyclic) bond motifs is 1. The van der Waals surface area contributed by atoms with Crippen molar-refractivity contribution < 1.29 is 13.9 Å². The number of benzene rings is 2. The van der Waals surface area contributed by atoms with E-state index in [1.165, 1.54) is 0 Å². The number of rotatable bonds is 10. The largest absolute Gasteiger partial charge is 0.495 e. The minimum Gasteiger partial charge on any atom is -0.495 e. The predicted octanol–water partition coefficient (Wildman–Crippen LogP) is 4.70. The van der Waals surface area contributed by atoms with Gasteiger partial charge in [0.25, 0.3) is 5.91 Å². The van der Waals surface area contributed by atoms with Crippen LogP contribution >= 0.6 is 0 Å². The van der Waals surface area contributed by atoms with E-state index in [0.717, 1.165) is 35.1 Å². The predicted molar refractivity (Wildman–Crippen MR) is 144 cm³/mol. The molecule has 0 saturated carbocycles. The molecular formula is C27H30FN7O2. The summed E-state index contributed by atoms with van der Waals surface area (Å²) in [7, 11) is 7.42. The van der Waals surface area contributed by atoms with Gasteiger partial charge in [0.05, 0.1) is 29.7 Å². The number of amides is 1. The molecule has 9 nitrogen and oxygen atoms in total. The summed E-state index contributed by atoms with van der Waals surface area (Å²) in [5.74, 6) is -1.10. The van der Waals surface area contributed by atoms with Crippen LogP contribution in [0, 0.1) is 0 Å². The summed E-state index contributed by atoms with van der Waals surface area (Å²) < 4.78 is 20.9. The van der Waals surface area contributed by atoms with Gasteiger partial charge in [0.15, 0.2) is 5.83 Å². The highest BCUT2D eigenvalue weighted by Gasteiger charge is 2.17. The van der Waals surface area contributed by atoms with Crippen molar-refractivity contribution in [2.45, 2.75) is 12.8 Å². The maximum absolute atomic E-state index is 13.5. The Bertz CT molecular complexity index is 1450. The van der Waals surface area contributed by atoms with E-state index >= 15 is 0 Å². The number of hydrogen-bond acceptors (Lipinski definition) is 7. The number of halogens is 1. The minimum atomic E-state index is -1.07. The summed E-state index contributed by atoms with van der Waals surface area (Å²) in [6, 6.07) is 13.2. The van der Waals surface area contributed by atoms with Crippen molar-refractivity contribution >= 4 is 34.1 Å². The SMILES string of the molecule is C=C(F)C(=O)Nc1cc(Nc2nccc(-c3c4ccccc4nn3C)n2)c(OC)cc1CCCN(C)C. The second kappa shape index (κ2) is 11.2. The maximum Gasteiger partial charge on any atom is 0.283 e. The maximum atomic E-state index is 13.5. The van der Waals surface area contributed by atoms with Crippen molar-refractivity contribution in [1.29, 1.82) is 0 Å². The molecule has 0 radical (unpaired) electrons. The monoisotopic (exact) mass is 503 g/mol. The average molecular weight is 504 g/mol. The highest BCUT2D eigenvalue weighted by atomic mass is 19.1. The number of hydrogen-bond donors (Lipinski definition) is 2. The molecule has 192 valence electrons. The van der Waals surface area contributed by atoms with Gasteiger partial charge in [-0.2, -0.15) is 5.10 Å². The molecule has 0 spiro atoms. The molecular weight excluding hydrogens is 473 g/mol. The van der Waals surface area contributed by atoms with Gasteiger partial charge >= 0.3 is 0 Å². The first-order valence-corrected chi connectivity index (χ1v) is 11.8. The van der Waals surface area contributed by atoms with Gasteiger partial charge in [0.1, 0.15) is 5.75 Å². The molecule has 1 amide bonds. The van der Waals surface area contributed by atoms with Gasteiger partial charge in [0.2, 0.25) is 5.95 Å². The topological polar surface area (TPSA) is 97.2 Å². The van der Waals surface area contributed by atoms with Gasteiger partial charge in [-0.05, 0) is 63.3 Å². The lowest BCUT2D eigenvalue weighted by atomic mass is 10.0. The Labute approximate surface area is 215 Å². The van der Waals surface area contributed by atoms with Crippen LogP contribution in [-0.4, -0.2) is 58.3 Å². The van der Waals surface area contributed by atoms with Gasteiger partial charge in [0, 0.05) is 24.3 Å². The first-order chi connectivity index (χ1) is 17.8. The molecule has 4 aromatic rings. The van der Waals surface area contributed by atoms with Crippen LogP contribution in [0.3, 0.4) is 0 Å². The number of nitrogens with one attached hydrogen (secondary N) is 2. The van der Waals surface area contributed by atoms with E-state index < -0.39 is 11.7 Å². The van der Waals surface area contributed by atoms with Gasteiger partial charge < -0.3 is 20.3 Å². The Morgan fingerprint density at radius 3 is 2.70 bits per heavy atom. The fraction of sp³-hybridized carbons (Fsp3) is 0.259. The zero-order valence-corrected chi connectivity index (χ0v) is 21.4. The third-order valence-corrected chi connectivity index (χ3v) is 5.86. The van der Waals surface area contributed by atoms with Crippen LogP contribution in [0.5, 0.6) is 5.75 Å². The number of anilines is 3. The van der Waals surface area contributed by atoms with Crippen molar-refractivity contribution in [3.05, 3.63) is 66.6 Å². The quantitative estimate of drug-likeness (QED) is 0.303. The fourth-order valence-corrected chi connectivity index (χ4v) is 4.11. The van der Waals surface area contributed by atoms with E-state index in [-0.39, 0.29) is 0 Å². The average Bonchev–Trinajstić information content (AvgIpc) is 3.20. The van der Waals surface area contributed by atoms with Crippen molar-refractivity contribution in [2.24, 2.45) is 7.05 Å². The first-order valence-electron chi connectivity index (χ1n) is 11.8. The molecule has 0 saturated heterocycles. The van der Waals surface area contributed by atoms with Gasteiger partial charge in [-0.1, -0.05) is 24.8 Å². The molecule has 0 bridgehead atoms. The molecule has 0 unspecified atom stereocenters. The fourth-order valence-electron chi connectivity index (χ4n) is 4.11. The minimum absolute atomic E-state index is 0.327. The van der Waals surface area contributed by atoms with Crippen LogP contribution in [0.25, 0.3) is 22.3 Å². The lowest BCUT2D eigenvalue weighted by molar-refractivity contribution is -0.114. The lowest BCUT2D eigenvalue weighted by Gasteiger charge is -2.18. The van der Waals surface area contributed by atoms with Gasteiger partial charge in [-0.15, -0.1) is 0 Å². The molecule has 2 N–H and O–H groups in total. The Morgan fingerprint density at radius 1 is 1.19 bits per heavy atom. The smallest absolute Gasteiger partial charge is 0.283 e. The van der Waals surface area contributed by atoms with Crippen molar-refractivity contribution in [1.82, 2.24) is 24.6 Å². The first kappa shape index (κ1) is 25.8. The molecule has 0 aliphatic heterocycles. The van der Waals surface area contributed by atoms with E-state index in [1.54, 1.807) is 24.1 Å². The summed E-state index contributed by atoms with van der Waals surface area (Å²) in [5, 5.41) is 11.3. The van der Waals surface area contributed by atoms with Crippen molar-refractivity contribution in [2.75, 3.05) is 38.4 Å². The molecule has 0 fully saturated rings. The van der Waals surface area contributed by atoms with Crippen LogP contribution in [0.1, 0.15) is 12.0 Å². The number of nitrogens with zero attached hydrogens (tertiary/aromatic N) is 5. The molecule has 0 aliphatic rings. The van der Waals surface area contributed by atoms with E-state index in [2.05, 4.69) is 32.2 Å². The van der Waals surface area contributed by atoms with Gasteiger partial charge in [-0.25, -0.2) is 14.4 Å². The standard InChI is InChI=1S/C27H30FN7O2/c1-17(28)26(36)30-22-16-23(24(37-5)15-18(22)9-8-14-34(2)3)32-27-29-13-12-21(31-27)25-19-10-6-7-11-20(19)33-35(25)4/h6-7,10-13,15-16H,1,8-9,14H2,2-5H3,(H,30,36)(H,29,31,32). The summed E-state index contributed by atoms with van der Waals surface area (Å²) >= 11 is 0. The molecule has 0 aliphatic carbocycles. The number of ether oxygens (including phenoxy) is 1. The molecule has 37 heavy (non-hydrogen) atoms. The van der Waals surface area contributed by atoms with E-state index in [0.29, 0.717) is 35.2 Å². The highest BCUT2D eigenvalue weighted by Crippen LogP contribution is 2.35. The summed E-state index contributed by atoms with van der Waals surface area (Å²) in [4.78, 5) is 23.2. The number of aryl methyl sites for hydroxylation is 2. The van der Waals surface area contributed by atoms with Crippen LogP contribution in [0.15, 0.2) is 61.1 Å². The zero-order valence-electron chi connectivity index (χ0n) is 21.4. The summed E-state index contributed by atoms with van der Waals surface area (Å²) in [5.41, 5.74) is 4.21. The Kier molecular flexibility index (Phi) is 7.78. The van der Waals surface area contributed by atoms with Crippen LogP contribution < -0.4 is 15.4 Å². The number of methoxy groups -OCH3 is 1. The third kappa shape index (κ3) is 5.92. The third-order valence-electron chi connectivity index (χ3n) is 5.86.